The predicted molar refractivity (Wildman–Crippen MR) is 114 cm³/mol. The van der Waals surface area contributed by atoms with E-state index in [1.165, 1.54) is 4.90 Å². The highest BCUT2D eigenvalue weighted by atomic mass is 35.5. The fraction of sp³-hybridized carbons (Fsp3) is 0.591. The Hall–Kier alpha value is -2.44. The van der Waals surface area contributed by atoms with E-state index in [-0.39, 0.29) is 24.5 Å². The highest BCUT2D eigenvalue weighted by Crippen LogP contribution is 2.64. The molecule has 1 aromatic carbocycles. The number of rotatable bonds is 11. The van der Waals surface area contributed by atoms with Crippen molar-refractivity contribution in [2.24, 2.45) is 0 Å². The number of halogens is 17. The average Bonchev–Trinajstić information content (AvgIpc) is 2.88. The van der Waals surface area contributed by atoms with Crippen molar-refractivity contribution in [1.82, 2.24) is 9.80 Å². The highest BCUT2D eigenvalue weighted by Gasteiger charge is 2.95. The Morgan fingerprint density at radius 1 is 0.643 bits per heavy atom. The second kappa shape index (κ2) is 11.2. The normalized spacial score (nSPS) is 17.7. The number of hydrogen-bond donors (Lipinski definition) is 0. The molecule has 240 valence electrons. The third-order valence-electron chi connectivity index (χ3n) is 6.12. The van der Waals surface area contributed by atoms with E-state index < -0.39 is 65.8 Å². The fourth-order valence-corrected chi connectivity index (χ4v) is 3.65. The summed E-state index contributed by atoms with van der Waals surface area (Å²) in [6.07, 6.45) is 3.16. The Labute approximate surface area is 230 Å². The number of carbonyl (C=O) groups excluding carboxylic acids is 1. The molecule has 0 atom stereocenters. The van der Waals surface area contributed by atoms with E-state index in [9.17, 15) is 75.0 Å². The molecule has 1 aromatic rings. The van der Waals surface area contributed by atoms with Gasteiger partial charge in [0.1, 0.15) is 0 Å². The number of benzene rings is 1. The van der Waals surface area contributed by atoms with E-state index in [2.05, 4.69) is 11.6 Å². The lowest BCUT2D eigenvalue weighted by Gasteiger charge is -2.43. The highest BCUT2D eigenvalue weighted by molar-refractivity contribution is 6.22. The first-order valence-electron chi connectivity index (χ1n) is 11.2. The van der Waals surface area contributed by atoms with E-state index in [0.717, 1.165) is 5.56 Å². The van der Waals surface area contributed by atoms with Gasteiger partial charge in [-0.2, -0.15) is 70.2 Å². The molecule has 1 aliphatic heterocycles. The van der Waals surface area contributed by atoms with Crippen LogP contribution in [0.4, 0.5) is 70.2 Å². The Morgan fingerprint density at radius 2 is 1.05 bits per heavy atom. The summed E-state index contributed by atoms with van der Waals surface area (Å²) in [5.41, 5.74) is 0.731. The molecule has 1 heterocycles. The van der Waals surface area contributed by atoms with Crippen molar-refractivity contribution in [3.63, 3.8) is 0 Å². The lowest BCUT2D eigenvalue weighted by Crippen LogP contribution is -2.75. The van der Waals surface area contributed by atoms with Gasteiger partial charge in [0.25, 0.3) is 5.91 Å². The van der Waals surface area contributed by atoms with E-state index in [4.69, 9.17) is 0 Å². The van der Waals surface area contributed by atoms with Crippen molar-refractivity contribution in [2.75, 3.05) is 32.7 Å². The largest absolute Gasteiger partial charge is 0.393 e. The molecule has 0 radical (unpaired) electrons. The van der Waals surface area contributed by atoms with E-state index in [0.29, 0.717) is 0 Å². The molecule has 0 saturated carbocycles. The average molecular weight is 665 g/mol. The summed E-state index contributed by atoms with van der Waals surface area (Å²) in [6, 6.07) is 8.50. The van der Waals surface area contributed by atoms with Crippen LogP contribution in [0.1, 0.15) is 5.56 Å². The van der Waals surface area contributed by atoms with Gasteiger partial charge in [-0.1, -0.05) is 42.5 Å². The molecular weight excluding hydrogens is 648 g/mol. The van der Waals surface area contributed by atoms with Gasteiger partial charge in [-0.3, -0.25) is 9.69 Å². The van der Waals surface area contributed by atoms with Crippen LogP contribution in [0.2, 0.25) is 0 Å². The Balaban J connectivity index is 2.27. The number of hydrogen-bond acceptors (Lipinski definition) is 2. The van der Waals surface area contributed by atoms with Crippen LogP contribution >= 0.6 is 11.6 Å². The van der Waals surface area contributed by atoms with Gasteiger partial charge in [-0.05, 0) is 17.2 Å². The van der Waals surface area contributed by atoms with Gasteiger partial charge < -0.3 is 4.90 Å². The SMILES string of the molecule is O=C(N1CCN(CC=Cc2ccccc2)CC1)C(F)(F)C(F)(F)C(F)(F)C(F)(F)C(F)(F)C(F)(F)C(F)(F)C(F)(F)Cl. The van der Waals surface area contributed by atoms with Crippen LogP contribution in [0.25, 0.3) is 6.08 Å². The zero-order valence-corrected chi connectivity index (χ0v) is 21.1. The molecule has 1 amide bonds. The van der Waals surface area contributed by atoms with Gasteiger partial charge in [0.05, 0.1) is 0 Å². The van der Waals surface area contributed by atoms with E-state index in [1.807, 2.05) is 0 Å². The molecule has 1 saturated heterocycles. The zero-order valence-electron chi connectivity index (χ0n) is 20.3. The van der Waals surface area contributed by atoms with Crippen LogP contribution in [0, 0.1) is 0 Å². The standard InChI is InChI=1S/C22H17ClF16N2O/c23-22(38,39)21(36,37)20(34,35)19(32,33)18(30,31)17(28,29)16(26,27)15(24,25)14(42)41-11-9-40(10-12-41)8-4-7-13-5-2-1-3-6-13/h1-7H,8-12H2. The van der Waals surface area contributed by atoms with Crippen LogP contribution in [-0.4, -0.2) is 95.3 Å². The van der Waals surface area contributed by atoms with Gasteiger partial charge in [-0.25, -0.2) is 0 Å². The third-order valence-corrected chi connectivity index (χ3v) is 6.36. The minimum Gasteiger partial charge on any atom is -0.335 e. The summed E-state index contributed by atoms with van der Waals surface area (Å²) in [4.78, 5) is 13.2. The number of piperazine rings is 1. The topological polar surface area (TPSA) is 23.6 Å². The van der Waals surface area contributed by atoms with Gasteiger partial charge >= 0.3 is 46.8 Å². The fourth-order valence-electron chi connectivity index (χ4n) is 3.53. The molecule has 0 aliphatic carbocycles. The second-order valence-electron chi connectivity index (χ2n) is 8.92. The van der Waals surface area contributed by atoms with Crippen molar-refractivity contribution in [3.05, 3.63) is 42.0 Å². The number of alkyl halides is 17. The molecule has 20 heteroatoms. The third kappa shape index (κ3) is 5.61. The molecule has 0 spiro atoms. The first kappa shape index (κ1) is 35.8. The molecule has 0 unspecified atom stereocenters. The van der Waals surface area contributed by atoms with E-state index >= 15 is 0 Å². The molecule has 1 fully saturated rings. The lowest BCUT2D eigenvalue weighted by atomic mass is 9.88. The van der Waals surface area contributed by atoms with Gasteiger partial charge in [0, 0.05) is 32.7 Å². The molecule has 0 bridgehead atoms. The maximum absolute atomic E-state index is 14.3. The van der Waals surface area contributed by atoms with Crippen LogP contribution in [0.3, 0.4) is 0 Å². The minimum atomic E-state index is -8.61. The maximum Gasteiger partial charge on any atom is 0.393 e. The summed E-state index contributed by atoms with van der Waals surface area (Å²) in [5.74, 6) is -60.1. The Kier molecular flexibility index (Phi) is 9.57. The molecule has 3 nitrogen and oxygen atoms in total. The summed E-state index contributed by atoms with van der Waals surface area (Å²) in [7, 11) is 0. The second-order valence-corrected chi connectivity index (χ2v) is 9.40. The zero-order chi connectivity index (χ0) is 32.8. The molecule has 42 heavy (non-hydrogen) atoms. The van der Waals surface area contributed by atoms with Crippen LogP contribution in [0.5, 0.6) is 0 Å². The monoisotopic (exact) mass is 664 g/mol. The summed E-state index contributed by atoms with van der Waals surface area (Å²) < 4.78 is 218. The smallest absolute Gasteiger partial charge is 0.335 e. The molecule has 0 N–H and O–H groups in total. The van der Waals surface area contributed by atoms with E-state index in [1.54, 1.807) is 42.5 Å². The van der Waals surface area contributed by atoms with Crippen molar-refractivity contribution in [3.8, 4) is 0 Å². The number of amides is 1. The van der Waals surface area contributed by atoms with Crippen LogP contribution in [0.15, 0.2) is 36.4 Å². The molecular formula is C22H17ClF16N2O. The quantitative estimate of drug-likeness (QED) is 0.186. The van der Waals surface area contributed by atoms with Crippen molar-refractivity contribution in [1.29, 1.82) is 0 Å². The van der Waals surface area contributed by atoms with Crippen LogP contribution < -0.4 is 0 Å². The Bertz CT molecular complexity index is 1130. The van der Waals surface area contributed by atoms with Gasteiger partial charge in [-0.15, -0.1) is 0 Å². The van der Waals surface area contributed by atoms with Crippen molar-refractivity contribution < 1.29 is 75.0 Å². The predicted octanol–water partition coefficient (Wildman–Crippen LogP) is 7.12. The molecule has 0 aromatic heterocycles. The van der Waals surface area contributed by atoms with Gasteiger partial charge in [0.2, 0.25) is 0 Å². The summed E-state index contributed by atoms with van der Waals surface area (Å²) in [5, 5.41) is -6.85. The lowest BCUT2D eigenvalue weighted by molar-refractivity contribution is -0.446. The first-order chi connectivity index (χ1) is 18.7. The van der Waals surface area contributed by atoms with Crippen molar-refractivity contribution in [2.45, 2.75) is 46.8 Å². The number of carbonyl (C=O) groups is 1. The minimum absolute atomic E-state index is 0.0864. The maximum atomic E-state index is 14.3. The van der Waals surface area contributed by atoms with Crippen molar-refractivity contribution >= 4 is 23.6 Å². The summed E-state index contributed by atoms with van der Waals surface area (Å²) in [6.45, 7) is -2.52. The summed E-state index contributed by atoms with van der Waals surface area (Å²) >= 11 is 3.48. The molecule has 1 aliphatic rings. The first-order valence-corrected chi connectivity index (χ1v) is 11.5. The van der Waals surface area contributed by atoms with Gasteiger partial charge in [0.15, 0.2) is 0 Å². The number of nitrogens with zero attached hydrogens (tertiary/aromatic N) is 2. The van der Waals surface area contributed by atoms with Crippen LogP contribution in [-0.2, 0) is 4.79 Å². The molecule has 2 rings (SSSR count). The Morgan fingerprint density at radius 3 is 1.48 bits per heavy atom.